The van der Waals surface area contributed by atoms with Crippen LogP contribution in [0.4, 0.5) is 5.13 Å². The van der Waals surface area contributed by atoms with Crippen LogP contribution in [0.1, 0.15) is 88.5 Å². The summed E-state index contributed by atoms with van der Waals surface area (Å²) in [7, 11) is 0. The molecule has 1 aromatic rings. The average molecular weight is 349 g/mol. The molecule has 0 aliphatic heterocycles. The molecule has 0 unspecified atom stereocenters. The maximum absolute atomic E-state index is 8.35. The quantitative estimate of drug-likeness (QED) is 0.762. The normalized spacial score (nSPS) is 19.3. The molecule has 0 amide bonds. The summed E-state index contributed by atoms with van der Waals surface area (Å²) in [6.07, 6.45) is 18.3. The standard InChI is InChI=1S/C10H17N3S.C9H15N/c11-10-13-12-9(14-10)7-6-8-4-2-1-3-5-8;10-8-4-7-9-5-2-1-3-6-9/h8H,1-7H2,(H2,11,13);9H,1-7H2. The number of hydrogen-bond acceptors (Lipinski definition) is 5. The van der Waals surface area contributed by atoms with E-state index in [1.54, 1.807) is 0 Å². The highest BCUT2D eigenvalue weighted by atomic mass is 32.1. The maximum atomic E-state index is 8.35. The number of anilines is 1. The van der Waals surface area contributed by atoms with Crippen LogP contribution < -0.4 is 5.73 Å². The monoisotopic (exact) mass is 348 g/mol. The van der Waals surface area contributed by atoms with Crippen molar-refractivity contribution in [3.63, 3.8) is 0 Å². The lowest BCUT2D eigenvalue weighted by Gasteiger charge is -2.20. The molecule has 0 aromatic carbocycles. The number of nitrogens with two attached hydrogens (primary N) is 1. The zero-order valence-electron chi connectivity index (χ0n) is 14.9. The largest absolute Gasteiger partial charge is 0.374 e. The molecule has 2 fully saturated rings. The van der Waals surface area contributed by atoms with Crippen molar-refractivity contribution in [3.05, 3.63) is 5.01 Å². The fourth-order valence-corrected chi connectivity index (χ4v) is 4.54. The molecule has 0 bridgehead atoms. The third-order valence-corrected chi connectivity index (χ3v) is 6.17. The first-order valence-corrected chi connectivity index (χ1v) is 10.5. The van der Waals surface area contributed by atoms with E-state index in [4.69, 9.17) is 11.0 Å². The predicted octanol–water partition coefficient (Wildman–Crippen LogP) is 5.50. The van der Waals surface area contributed by atoms with Crippen LogP contribution in [0, 0.1) is 23.2 Å². The summed E-state index contributed by atoms with van der Waals surface area (Å²) >= 11 is 1.53. The van der Waals surface area contributed by atoms with Gasteiger partial charge in [0.2, 0.25) is 5.13 Å². The van der Waals surface area contributed by atoms with Gasteiger partial charge in [-0.05, 0) is 24.7 Å². The number of rotatable bonds is 5. The van der Waals surface area contributed by atoms with Crippen molar-refractivity contribution in [2.45, 2.75) is 89.9 Å². The minimum Gasteiger partial charge on any atom is -0.374 e. The molecule has 134 valence electrons. The van der Waals surface area contributed by atoms with Gasteiger partial charge in [-0.25, -0.2) is 0 Å². The van der Waals surface area contributed by atoms with Crippen LogP contribution in [0.5, 0.6) is 0 Å². The van der Waals surface area contributed by atoms with Crippen molar-refractivity contribution in [3.8, 4) is 6.07 Å². The topological polar surface area (TPSA) is 75.6 Å². The lowest BCUT2D eigenvalue weighted by atomic mass is 9.86. The number of hydrogen-bond donors (Lipinski definition) is 1. The first-order chi connectivity index (χ1) is 11.8. The van der Waals surface area contributed by atoms with Crippen molar-refractivity contribution in [2.24, 2.45) is 11.8 Å². The molecule has 0 saturated heterocycles. The van der Waals surface area contributed by atoms with Gasteiger partial charge in [-0.15, -0.1) is 10.2 Å². The second-order valence-corrected chi connectivity index (χ2v) is 8.37. The summed E-state index contributed by atoms with van der Waals surface area (Å²) in [4.78, 5) is 0. The van der Waals surface area contributed by atoms with Gasteiger partial charge in [0, 0.05) is 12.8 Å². The molecule has 1 heterocycles. The van der Waals surface area contributed by atoms with E-state index >= 15 is 0 Å². The third kappa shape index (κ3) is 7.61. The van der Waals surface area contributed by atoms with Crippen molar-refractivity contribution < 1.29 is 0 Å². The van der Waals surface area contributed by atoms with Gasteiger partial charge in [-0.3, -0.25) is 0 Å². The average Bonchev–Trinajstić information content (AvgIpc) is 3.06. The number of aromatic nitrogens is 2. The lowest BCUT2D eigenvalue weighted by molar-refractivity contribution is 0.339. The van der Waals surface area contributed by atoms with E-state index in [1.807, 2.05) is 0 Å². The molecule has 4 nitrogen and oxygen atoms in total. The fourth-order valence-electron chi connectivity index (χ4n) is 3.92. The van der Waals surface area contributed by atoms with Crippen LogP contribution in [0.2, 0.25) is 0 Å². The van der Waals surface area contributed by atoms with E-state index in [0.717, 1.165) is 36.1 Å². The molecule has 5 heteroatoms. The summed E-state index contributed by atoms with van der Waals surface area (Å²) in [5.41, 5.74) is 5.53. The molecule has 24 heavy (non-hydrogen) atoms. The summed E-state index contributed by atoms with van der Waals surface area (Å²) in [6, 6.07) is 2.21. The molecule has 1 aromatic heterocycles. The second kappa shape index (κ2) is 11.4. The van der Waals surface area contributed by atoms with Gasteiger partial charge < -0.3 is 5.73 Å². The van der Waals surface area contributed by atoms with Crippen LogP contribution in [-0.2, 0) is 6.42 Å². The van der Waals surface area contributed by atoms with Gasteiger partial charge in [0.05, 0.1) is 6.07 Å². The highest BCUT2D eigenvalue weighted by Crippen LogP contribution is 2.28. The molecule has 2 aliphatic rings. The molecule has 2 saturated carbocycles. The van der Waals surface area contributed by atoms with Crippen molar-refractivity contribution in [2.75, 3.05) is 5.73 Å². The minimum absolute atomic E-state index is 0.601. The highest BCUT2D eigenvalue weighted by Gasteiger charge is 2.14. The maximum Gasteiger partial charge on any atom is 0.203 e. The van der Waals surface area contributed by atoms with Crippen LogP contribution >= 0.6 is 11.3 Å². The first-order valence-electron chi connectivity index (χ1n) is 9.72. The fraction of sp³-hybridized carbons (Fsp3) is 0.842. The first kappa shape index (κ1) is 19.2. The predicted molar refractivity (Wildman–Crippen MR) is 101 cm³/mol. The molecule has 2 N–H and O–H groups in total. The Hall–Kier alpha value is -1.15. The zero-order chi connectivity index (χ0) is 17.0. The Labute approximate surface area is 150 Å². The van der Waals surface area contributed by atoms with Gasteiger partial charge in [0.1, 0.15) is 5.01 Å². The molecule has 2 aliphatic carbocycles. The number of aryl methyl sites for hydroxylation is 1. The van der Waals surface area contributed by atoms with Crippen LogP contribution in [-0.4, -0.2) is 10.2 Å². The molecule has 0 atom stereocenters. The van der Waals surface area contributed by atoms with Gasteiger partial charge in [0.15, 0.2) is 0 Å². The zero-order valence-corrected chi connectivity index (χ0v) is 15.7. The van der Waals surface area contributed by atoms with E-state index in [2.05, 4.69) is 16.3 Å². The van der Waals surface area contributed by atoms with E-state index in [0.29, 0.717) is 5.13 Å². The Kier molecular flexibility index (Phi) is 9.12. The summed E-state index contributed by atoms with van der Waals surface area (Å²) < 4.78 is 0. The Morgan fingerprint density at radius 1 is 0.917 bits per heavy atom. The summed E-state index contributed by atoms with van der Waals surface area (Å²) in [6.45, 7) is 0. The van der Waals surface area contributed by atoms with Gasteiger partial charge in [-0.1, -0.05) is 75.5 Å². The molecule has 0 radical (unpaired) electrons. The SMILES string of the molecule is N#CCCC1CCCCC1.Nc1nnc(CCC2CCCCC2)s1. The minimum atomic E-state index is 0.601. The number of nitriles is 1. The summed E-state index contributed by atoms with van der Waals surface area (Å²) in [5, 5.41) is 17.9. The Balaban J connectivity index is 0.000000185. The Morgan fingerprint density at radius 3 is 2.00 bits per heavy atom. The molecular formula is C19H32N4S. The van der Waals surface area contributed by atoms with E-state index in [9.17, 15) is 0 Å². The van der Waals surface area contributed by atoms with Gasteiger partial charge in [-0.2, -0.15) is 5.26 Å². The molecule has 0 spiro atoms. The van der Waals surface area contributed by atoms with Gasteiger partial charge in [0.25, 0.3) is 0 Å². The van der Waals surface area contributed by atoms with E-state index < -0.39 is 0 Å². The smallest absolute Gasteiger partial charge is 0.203 e. The Morgan fingerprint density at radius 2 is 1.50 bits per heavy atom. The third-order valence-electron chi connectivity index (χ3n) is 5.36. The highest BCUT2D eigenvalue weighted by molar-refractivity contribution is 7.15. The second-order valence-electron chi connectivity index (χ2n) is 7.28. The van der Waals surface area contributed by atoms with Crippen molar-refractivity contribution in [1.82, 2.24) is 10.2 Å². The van der Waals surface area contributed by atoms with Gasteiger partial charge >= 0.3 is 0 Å². The van der Waals surface area contributed by atoms with Crippen molar-refractivity contribution in [1.29, 1.82) is 5.26 Å². The van der Waals surface area contributed by atoms with Crippen molar-refractivity contribution >= 4 is 16.5 Å². The number of nitrogens with zero attached hydrogens (tertiary/aromatic N) is 3. The molecule has 3 rings (SSSR count). The lowest BCUT2D eigenvalue weighted by Crippen LogP contribution is -2.07. The summed E-state index contributed by atoms with van der Waals surface area (Å²) in [5.74, 6) is 1.81. The molecular weight excluding hydrogens is 316 g/mol. The Bertz CT molecular complexity index is 482. The van der Waals surface area contributed by atoms with E-state index in [-0.39, 0.29) is 0 Å². The van der Waals surface area contributed by atoms with E-state index in [1.165, 1.54) is 82.0 Å². The van der Waals surface area contributed by atoms with Crippen LogP contribution in [0.25, 0.3) is 0 Å². The van der Waals surface area contributed by atoms with Crippen LogP contribution in [0.15, 0.2) is 0 Å². The van der Waals surface area contributed by atoms with Crippen LogP contribution in [0.3, 0.4) is 0 Å². The number of nitrogen functional groups attached to an aromatic ring is 1.